The summed E-state index contributed by atoms with van der Waals surface area (Å²) in [6, 6.07) is 9.29. The Morgan fingerprint density at radius 1 is 1.28 bits per heavy atom. The van der Waals surface area contributed by atoms with E-state index in [4.69, 9.17) is 9.84 Å². The largest absolute Gasteiger partial charge is 0.507 e. The molecule has 1 aromatic carbocycles. The Bertz CT molecular complexity index is 953. The Morgan fingerprint density at radius 2 is 2.12 bits per heavy atom. The maximum Gasteiger partial charge on any atom is 0.206 e. The summed E-state index contributed by atoms with van der Waals surface area (Å²) in [4.78, 5) is 6.49. The minimum absolute atomic E-state index is 0.142. The second-order valence-electron chi connectivity index (χ2n) is 5.24. The van der Waals surface area contributed by atoms with Crippen LogP contribution in [0.4, 0.5) is 0 Å². The molecule has 3 aromatic rings. The Labute approximate surface area is 154 Å². The van der Waals surface area contributed by atoms with Crippen LogP contribution in [0.1, 0.15) is 19.4 Å². The molecule has 0 bridgehead atoms. The van der Waals surface area contributed by atoms with Gasteiger partial charge in [0.25, 0.3) is 0 Å². The standard InChI is InChI=1S/C18H19N3O2S2/c1-4-19-18-21(15(11-25-18)17-6-5-9-24-17)20-12(2)14-8-7-13(23-3)10-16(14)22/h5-11,22H,4H2,1-3H3. The van der Waals surface area contributed by atoms with E-state index in [1.165, 1.54) is 0 Å². The van der Waals surface area contributed by atoms with Crippen LogP contribution in [0.2, 0.25) is 0 Å². The van der Waals surface area contributed by atoms with Gasteiger partial charge in [-0.2, -0.15) is 5.10 Å². The molecule has 0 unspecified atom stereocenters. The highest BCUT2D eigenvalue weighted by molar-refractivity contribution is 7.14. The van der Waals surface area contributed by atoms with Crippen LogP contribution in [0.15, 0.2) is 51.2 Å². The first-order valence-corrected chi connectivity index (χ1v) is 9.57. The molecule has 130 valence electrons. The van der Waals surface area contributed by atoms with Crippen molar-refractivity contribution in [1.29, 1.82) is 0 Å². The minimum Gasteiger partial charge on any atom is -0.507 e. The smallest absolute Gasteiger partial charge is 0.206 e. The normalized spacial score (nSPS) is 12.6. The van der Waals surface area contributed by atoms with Crippen molar-refractivity contribution in [3.05, 3.63) is 51.5 Å². The van der Waals surface area contributed by atoms with Gasteiger partial charge in [0.2, 0.25) is 4.80 Å². The van der Waals surface area contributed by atoms with Gasteiger partial charge in [0.1, 0.15) is 11.5 Å². The summed E-state index contributed by atoms with van der Waals surface area (Å²) >= 11 is 3.22. The average Bonchev–Trinajstić information content (AvgIpc) is 3.25. The summed E-state index contributed by atoms with van der Waals surface area (Å²) in [6.07, 6.45) is 0. The molecule has 0 fully saturated rings. The number of aromatic nitrogens is 1. The second kappa shape index (κ2) is 7.67. The number of thiophene rings is 1. The van der Waals surface area contributed by atoms with E-state index in [9.17, 15) is 5.11 Å². The molecule has 0 aliphatic heterocycles. The van der Waals surface area contributed by atoms with Gasteiger partial charge in [-0.1, -0.05) is 6.07 Å². The molecule has 0 spiro atoms. The van der Waals surface area contributed by atoms with Crippen molar-refractivity contribution in [2.24, 2.45) is 10.1 Å². The molecule has 3 rings (SSSR count). The number of nitrogens with zero attached hydrogens (tertiary/aromatic N) is 3. The first-order valence-electron chi connectivity index (χ1n) is 7.82. The van der Waals surface area contributed by atoms with Crippen molar-refractivity contribution in [3.8, 4) is 22.1 Å². The fraction of sp³-hybridized carbons (Fsp3) is 0.222. The number of benzene rings is 1. The van der Waals surface area contributed by atoms with E-state index < -0.39 is 0 Å². The van der Waals surface area contributed by atoms with E-state index >= 15 is 0 Å². The highest BCUT2D eigenvalue weighted by atomic mass is 32.1. The van der Waals surface area contributed by atoms with E-state index in [-0.39, 0.29) is 5.75 Å². The van der Waals surface area contributed by atoms with Gasteiger partial charge in [-0.25, -0.2) is 4.68 Å². The lowest BCUT2D eigenvalue weighted by molar-refractivity contribution is 0.407. The zero-order valence-corrected chi connectivity index (χ0v) is 15.9. The van der Waals surface area contributed by atoms with Gasteiger partial charge in [0.15, 0.2) is 0 Å². The molecule has 1 N–H and O–H groups in total. The molecule has 0 aliphatic rings. The number of aromatic hydroxyl groups is 1. The lowest BCUT2D eigenvalue weighted by Crippen LogP contribution is -2.14. The highest BCUT2D eigenvalue weighted by Crippen LogP contribution is 2.27. The van der Waals surface area contributed by atoms with Crippen LogP contribution in [0, 0.1) is 0 Å². The van der Waals surface area contributed by atoms with Crippen LogP contribution >= 0.6 is 22.7 Å². The lowest BCUT2D eigenvalue weighted by Gasteiger charge is -2.08. The predicted molar refractivity (Wildman–Crippen MR) is 104 cm³/mol. The zero-order valence-electron chi connectivity index (χ0n) is 14.3. The number of hydrogen-bond donors (Lipinski definition) is 1. The lowest BCUT2D eigenvalue weighted by atomic mass is 10.1. The van der Waals surface area contributed by atoms with E-state index in [1.807, 2.05) is 36.0 Å². The van der Waals surface area contributed by atoms with Gasteiger partial charge in [0, 0.05) is 23.6 Å². The topological polar surface area (TPSA) is 59.1 Å². The zero-order chi connectivity index (χ0) is 17.8. The number of rotatable bonds is 5. The molecular formula is C18H19N3O2S2. The Hall–Kier alpha value is -2.38. The third kappa shape index (κ3) is 3.67. The van der Waals surface area contributed by atoms with E-state index in [0.717, 1.165) is 15.4 Å². The quantitative estimate of drug-likeness (QED) is 0.682. The van der Waals surface area contributed by atoms with Crippen molar-refractivity contribution in [3.63, 3.8) is 0 Å². The van der Waals surface area contributed by atoms with Crippen LogP contribution in [0.5, 0.6) is 11.5 Å². The van der Waals surface area contributed by atoms with Crippen LogP contribution in [-0.4, -0.2) is 29.1 Å². The molecule has 5 nitrogen and oxygen atoms in total. The monoisotopic (exact) mass is 373 g/mol. The number of thiazole rings is 1. The van der Waals surface area contributed by atoms with E-state index in [1.54, 1.807) is 41.9 Å². The molecule has 2 aromatic heterocycles. The van der Waals surface area contributed by atoms with Crippen molar-refractivity contribution in [2.45, 2.75) is 13.8 Å². The van der Waals surface area contributed by atoms with Crippen molar-refractivity contribution in [1.82, 2.24) is 4.68 Å². The summed E-state index contributed by atoms with van der Waals surface area (Å²) in [7, 11) is 1.57. The van der Waals surface area contributed by atoms with Gasteiger partial charge in [-0.3, -0.25) is 4.99 Å². The number of phenols is 1. The van der Waals surface area contributed by atoms with Gasteiger partial charge >= 0.3 is 0 Å². The van der Waals surface area contributed by atoms with Crippen LogP contribution in [0.25, 0.3) is 10.6 Å². The summed E-state index contributed by atoms with van der Waals surface area (Å²) in [5, 5.41) is 19.1. The molecule has 2 heterocycles. The molecule has 0 radical (unpaired) electrons. The first-order chi connectivity index (χ1) is 12.1. The number of hydrogen-bond acceptors (Lipinski definition) is 6. The third-order valence-corrected chi connectivity index (χ3v) is 5.34. The Balaban J connectivity index is 2.11. The number of ether oxygens (including phenoxy) is 1. The molecule has 0 aliphatic carbocycles. The first kappa shape index (κ1) is 17.4. The molecule has 0 atom stereocenters. The molecule has 0 saturated carbocycles. The third-order valence-electron chi connectivity index (χ3n) is 3.60. The van der Waals surface area contributed by atoms with Gasteiger partial charge < -0.3 is 9.84 Å². The number of methoxy groups -OCH3 is 1. The molecule has 25 heavy (non-hydrogen) atoms. The summed E-state index contributed by atoms with van der Waals surface area (Å²) in [5.41, 5.74) is 2.37. The predicted octanol–water partition coefficient (Wildman–Crippen LogP) is 4.19. The van der Waals surface area contributed by atoms with Crippen molar-refractivity contribution >= 4 is 28.4 Å². The molecule has 7 heteroatoms. The van der Waals surface area contributed by atoms with E-state index in [0.29, 0.717) is 23.6 Å². The highest BCUT2D eigenvalue weighted by Gasteiger charge is 2.11. The fourth-order valence-electron chi connectivity index (χ4n) is 2.38. The molecular weight excluding hydrogens is 354 g/mol. The maximum atomic E-state index is 10.3. The molecule has 0 amide bonds. The summed E-state index contributed by atoms with van der Waals surface area (Å²) in [6.45, 7) is 4.56. The Morgan fingerprint density at radius 3 is 2.76 bits per heavy atom. The van der Waals surface area contributed by atoms with Gasteiger partial charge in [0.05, 0.1) is 23.4 Å². The summed E-state index contributed by atoms with van der Waals surface area (Å²) < 4.78 is 6.98. The van der Waals surface area contributed by atoms with Crippen molar-refractivity contribution < 1.29 is 9.84 Å². The van der Waals surface area contributed by atoms with Crippen LogP contribution in [0.3, 0.4) is 0 Å². The van der Waals surface area contributed by atoms with Gasteiger partial charge in [-0.05, 0) is 37.4 Å². The van der Waals surface area contributed by atoms with Gasteiger partial charge in [-0.15, -0.1) is 22.7 Å². The van der Waals surface area contributed by atoms with Crippen LogP contribution in [-0.2, 0) is 0 Å². The van der Waals surface area contributed by atoms with Crippen molar-refractivity contribution in [2.75, 3.05) is 13.7 Å². The fourth-order valence-corrected chi connectivity index (χ4v) is 4.07. The summed E-state index contributed by atoms with van der Waals surface area (Å²) in [5.74, 6) is 0.751. The number of phenolic OH excluding ortho intramolecular Hbond substituents is 1. The maximum absolute atomic E-state index is 10.3. The minimum atomic E-state index is 0.142. The van der Waals surface area contributed by atoms with E-state index in [2.05, 4.69) is 16.4 Å². The molecule has 0 saturated heterocycles. The van der Waals surface area contributed by atoms with Crippen LogP contribution < -0.4 is 9.54 Å². The Kier molecular flexibility index (Phi) is 5.35. The SMILES string of the molecule is CCN=c1scc(-c2cccs2)n1N=C(C)c1ccc(OC)cc1O. The average molecular weight is 374 g/mol. The second-order valence-corrected chi connectivity index (χ2v) is 7.02.